The lowest BCUT2D eigenvalue weighted by atomic mass is 9.97. The van der Waals surface area contributed by atoms with Gasteiger partial charge in [0, 0.05) is 33.7 Å². The Bertz CT molecular complexity index is 318. The summed E-state index contributed by atoms with van der Waals surface area (Å²) >= 11 is 1.69. The van der Waals surface area contributed by atoms with Crippen LogP contribution in [0.3, 0.4) is 0 Å². The smallest absolute Gasteiger partial charge is 0.245 e. The fourth-order valence-corrected chi connectivity index (χ4v) is 2.99. The normalized spacial score (nSPS) is 17.9. The van der Waals surface area contributed by atoms with E-state index >= 15 is 0 Å². The second-order valence-corrected chi connectivity index (χ2v) is 6.24. The molecule has 2 amide bonds. The van der Waals surface area contributed by atoms with Gasteiger partial charge < -0.3 is 15.0 Å². The van der Waals surface area contributed by atoms with E-state index in [-0.39, 0.29) is 17.9 Å². The van der Waals surface area contributed by atoms with Gasteiger partial charge in [-0.05, 0) is 37.2 Å². The number of thioether (sulfide) groups is 1. The van der Waals surface area contributed by atoms with Crippen LogP contribution in [0.25, 0.3) is 0 Å². The molecule has 1 aliphatic rings. The highest BCUT2D eigenvalue weighted by molar-refractivity contribution is 7.98. The van der Waals surface area contributed by atoms with E-state index in [0.29, 0.717) is 12.3 Å². The molecule has 20 heavy (non-hydrogen) atoms. The average Bonchev–Trinajstić information content (AvgIpc) is 2.43. The molecule has 1 aliphatic heterocycles. The number of nitrogens with one attached hydrogen (secondary N) is 1. The van der Waals surface area contributed by atoms with Crippen LogP contribution < -0.4 is 5.32 Å². The van der Waals surface area contributed by atoms with Gasteiger partial charge in [0.15, 0.2) is 0 Å². The Morgan fingerprint density at radius 2 is 2.05 bits per heavy atom. The summed E-state index contributed by atoms with van der Waals surface area (Å²) in [6.45, 7) is 3.76. The van der Waals surface area contributed by atoms with Crippen LogP contribution >= 0.6 is 11.8 Å². The van der Waals surface area contributed by atoms with Gasteiger partial charge in [-0.25, -0.2) is 0 Å². The predicted molar refractivity (Wildman–Crippen MR) is 81.8 cm³/mol. The van der Waals surface area contributed by atoms with E-state index in [1.54, 1.807) is 18.9 Å². The zero-order chi connectivity index (χ0) is 15.0. The lowest BCUT2D eigenvalue weighted by Gasteiger charge is -2.34. The Kier molecular flexibility index (Phi) is 7.99. The van der Waals surface area contributed by atoms with Gasteiger partial charge in [0.25, 0.3) is 0 Å². The van der Waals surface area contributed by atoms with E-state index in [2.05, 4.69) is 5.32 Å². The lowest BCUT2D eigenvalue weighted by Crippen LogP contribution is -2.50. The Morgan fingerprint density at radius 1 is 1.40 bits per heavy atom. The third-order valence-electron chi connectivity index (χ3n) is 3.61. The Balaban J connectivity index is 2.50. The average molecular weight is 302 g/mol. The van der Waals surface area contributed by atoms with Crippen LogP contribution in [0.4, 0.5) is 0 Å². The van der Waals surface area contributed by atoms with Crippen molar-refractivity contribution < 1.29 is 14.3 Å². The predicted octanol–water partition coefficient (Wildman–Crippen LogP) is 1.13. The molecule has 1 atom stereocenters. The second kappa shape index (κ2) is 9.23. The topological polar surface area (TPSA) is 58.6 Å². The molecule has 0 aromatic rings. The minimum absolute atomic E-state index is 0.0603. The third-order valence-corrected chi connectivity index (χ3v) is 4.26. The van der Waals surface area contributed by atoms with E-state index in [0.717, 1.165) is 38.3 Å². The first-order chi connectivity index (χ1) is 9.58. The summed E-state index contributed by atoms with van der Waals surface area (Å²) in [7, 11) is 1.72. The highest BCUT2D eigenvalue weighted by Gasteiger charge is 2.28. The maximum atomic E-state index is 12.5. The van der Waals surface area contributed by atoms with Gasteiger partial charge >= 0.3 is 0 Å². The maximum Gasteiger partial charge on any atom is 0.245 e. The largest absolute Gasteiger partial charge is 0.384 e. The fourth-order valence-electron chi connectivity index (χ4n) is 2.51. The summed E-state index contributed by atoms with van der Waals surface area (Å²) in [6.07, 6.45) is 4.66. The Morgan fingerprint density at radius 3 is 2.55 bits per heavy atom. The van der Waals surface area contributed by atoms with Crippen molar-refractivity contribution in [1.82, 2.24) is 10.2 Å². The van der Waals surface area contributed by atoms with E-state index in [1.165, 1.54) is 6.92 Å². The van der Waals surface area contributed by atoms with Crippen molar-refractivity contribution in [3.05, 3.63) is 0 Å². The van der Waals surface area contributed by atoms with Gasteiger partial charge in [0.1, 0.15) is 6.04 Å². The van der Waals surface area contributed by atoms with Crippen molar-refractivity contribution in [2.24, 2.45) is 5.92 Å². The number of likely N-dealkylation sites (tertiary alicyclic amines) is 1. The summed E-state index contributed by atoms with van der Waals surface area (Å²) in [6, 6.07) is -0.376. The van der Waals surface area contributed by atoms with Crippen LogP contribution in [0.5, 0.6) is 0 Å². The number of amides is 2. The SMILES string of the molecule is COCC1CCN(C(=O)[C@H](CCSC)NC(C)=O)CC1. The first-order valence-corrected chi connectivity index (χ1v) is 8.51. The number of hydrogen-bond donors (Lipinski definition) is 1. The van der Waals surface area contributed by atoms with Crippen LogP contribution in [0.2, 0.25) is 0 Å². The van der Waals surface area contributed by atoms with E-state index in [9.17, 15) is 9.59 Å². The minimum Gasteiger partial charge on any atom is -0.384 e. The third kappa shape index (κ3) is 5.71. The van der Waals surface area contributed by atoms with Crippen molar-refractivity contribution >= 4 is 23.6 Å². The van der Waals surface area contributed by atoms with Crippen molar-refractivity contribution in [3.8, 4) is 0 Å². The van der Waals surface area contributed by atoms with Crippen LogP contribution in [-0.2, 0) is 14.3 Å². The van der Waals surface area contributed by atoms with Crippen LogP contribution in [0, 0.1) is 5.92 Å². The number of carbonyl (C=O) groups excluding carboxylic acids is 2. The first kappa shape index (κ1) is 17.3. The molecule has 1 saturated heterocycles. The molecule has 1 N–H and O–H groups in total. The quantitative estimate of drug-likeness (QED) is 0.766. The summed E-state index contributed by atoms with van der Waals surface area (Å²) < 4.78 is 5.17. The molecule has 0 saturated carbocycles. The second-order valence-electron chi connectivity index (χ2n) is 5.26. The molecule has 1 heterocycles. The van der Waals surface area contributed by atoms with Gasteiger partial charge in [-0.1, -0.05) is 0 Å². The monoisotopic (exact) mass is 302 g/mol. The van der Waals surface area contributed by atoms with E-state index in [4.69, 9.17) is 4.74 Å². The van der Waals surface area contributed by atoms with E-state index in [1.807, 2.05) is 11.2 Å². The molecule has 1 rings (SSSR count). The molecular weight excluding hydrogens is 276 g/mol. The fraction of sp³-hybridized carbons (Fsp3) is 0.857. The number of ether oxygens (including phenoxy) is 1. The molecule has 6 heteroatoms. The van der Waals surface area contributed by atoms with E-state index < -0.39 is 0 Å². The van der Waals surface area contributed by atoms with Gasteiger partial charge in [0.2, 0.25) is 11.8 Å². The molecule has 0 bridgehead atoms. The number of carbonyl (C=O) groups is 2. The number of nitrogens with zero attached hydrogens (tertiary/aromatic N) is 1. The van der Waals surface area contributed by atoms with Gasteiger partial charge in [0.05, 0.1) is 0 Å². The number of piperidine rings is 1. The molecule has 0 spiro atoms. The summed E-state index contributed by atoms with van der Waals surface area (Å²) in [5.41, 5.74) is 0. The van der Waals surface area contributed by atoms with Gasteiger partial charge in [-0.3, -0.25) is 9.59 Å². The van der Waals surface area contributed by atoms with Gasteiger partial charge in [-0.15, -0.1) is 0 Å². The zero-order valence-electron chi connectivity index (χ0n) is 12.7. The van der Waals surface area contributed by atoms with Crippen molar-refractivity contribution in [3.63, 3.8) is 0 Å². The van der Waals surface area contributed by atoms with Gasteiger partial charge in [-0.2, -0.15) is 11.8 Å². The highest BCUT2D eigenvalue weighted by Crippen LogP contribution is 2.18. The first-order valence-electron chi connectivity index (χ1n) is 7.12. The van der Waals surface area contributed by atoms with Crippen LogP contribution in [-0.4, -0.2) is 61.6 Å². The van der Waals surface area contributed by atoms with Crippen molar-refractivity contribution in [2.75, 3.05) is 38.8 Å². The molecule has 5 nitrogen and oxygen atoms in total. The molecule has 0 aromatic carbocycles. The number of hydrogen-bond acceptors (Lipinski definition) is 4. The lowest BCUT2D eigenvalue weighted by molar-refractivity contribution is -0.137. The number of methoxy groups -OCH3 is 1. The number of rotatable bonds is 7. The molecular formula is C14H26N2O3S. The van der Waals surface area contributed by atoms with Crippen LogP contribution in [0.1, 0.15) is 26.2 Å². The Hall–Kier alpha value is -0.750. The summed E-state index contributed by atoms with van der Waals surface area (Å²) in [5.74, 6) is 1.34. The van der Waals surface area contributed by atoms with Crippen molar-refractivity contribution in [1.29, 1.82) is 0 Å². The Labute approximate surface area is 125 Å². The molecule has 0 aliphatic carbocycles. The zero-order valence-corrected chi connectivity index (χ0v) is 13.5. The summed E-state index contributed by atoms with van der Waals surface area (Å²) in [5, 5.41) is 2.78. The highest BCUT2D eigenvalue weighted by atomic mass is 32.2. The molecule has 0 radical (unpaired) electrons. The minimum atomic E-state index is -0.376. The maximum absolute atomic E-state index is 12.5. The molecule has 1 fully saturated rings. The standard InChI is InChI=1S/C14H26N2O3S/c1-11(17)15-13(6-9-20-3)14(18)16-7-4-12(5-8-16)10-19-2/h12-13H,4-10H2,1-3H3,(H,15,17)/t13-/m0/s1. The van der Waals surface area contributed by atoms with Crippen LogP contribution in [0.15, 0.2) is 0 Å². The summed E-state index contributed by atoms with van der Waals surface area (Å²) in [4.78, 5) is 25.6. The molecule has 0 aromatic heterocycles. The molecule has 0 unspecified atom stereocenters. The molecule has 116 valence electrons. The van der Waals surface area contributed by atoms with Crippen molar-refractivity contribution in [2.45, 2.75) is 32.2 Å².